The van der Waals surface area contributed by atoms with E-state index < -0.39 is 0 Å². The number of amides is 2. The molecule has 1 saturated carbocycles. The topological polar surface area (TPSA) is 88.3 Å². The Morgan fingerprint density at radius 3 is 2.44 bits per heavy atom. The molecule has 2 fully saturated rings. The predicted molar refractivity (Wildman–Crippen MR) is 112 cm³/mol. The minimum absolute atomic E-state index is 0. The van der Waals surface area contributed by atoms with Crippen molar-refractivity contribution in [2.24, 2.45) is 17.6 Å². The maximum atomic E-state index is 12.4. The summed E-state index contributed by atoms with van der Waals surface area (Å²) in [5, 5.41) is 3.35. The molecule has 9 heteroatoms. The molecule has 0 radical (unpaired) electrons. The summed E-state index contributed by atoms with van der Waals surface area (Å²) in [6, 6.07) is 3.54. The van der Waals surface area contributed by atoms with Gasteiger partial charge < -0.3 is 16.0 Å². The van der Waals surface area contributed by atoms with Gasteiger partial charge >= 0.3 is 0 Å². The van der Waals surface area contributed by atoms with Crippen LogP contribution < -0.4 is 11.1 Å². The molecule has 2 heterocycles. The van der Waals surface area contributed by atoms with E-state index in [1.807, 2.05) is 4.90 Å². The second-order valence-corrected chi connectivity index (χ2v) is 7.50. The molecule has 3 N–H and O–H groups in total. The summed E-state index contributed by atoms with van der Waals surface area (Å²) in [5.41, 5.74) is 6.06. The Morgan fingerprint density at radius 2 is 1.89 bits per heavy atom. The van der Waals surface area contributed by atoms with Gasteiger partial charge in [-0.25, -0.2) is 4.98 Å². The van der Waals surface area contributed by atoms with Gasteiger partial charge in [-0.15, -0.1) is 24.8 Å². The predicted octanol–water partition coefficient (Wildman–Crippen LogP) is 3.27. The van der Waals surface area contributed by atoms with Crippen LogP contribution in [0.1, 0.15) is 38.5 Å². The fourth-order valence-corrected chi connectivity index (χ4v) is 3.85. The number of aromatic nitrogens is 1. The molecule has 27 heavy (non-hydrogen) atoms. The number of nitrogens with zero attached hydrogens (tertiary/aromatic N) is 2. The molecule has 2 amide bonds. The van der Waals surface area contributed by atoms with Gasteiger partial charge in [-0.3, -0.25) is 9.59 Å². The van der Waals surface area contributed by atoms with Gasteiger partial charge in [-0.1, -0.05) is 18.0 Å². The average molecular weight is 438 g/mol. The molecule has 2 aliphatic rings. The molecule has 152 valence electrons. The molecule has 6 nitrogen and oxygen atoms in total. The largest absolute Gasteiger partial charge is 0.343 e. The summed E-state index contributed by atoms with van der Waals surface area (Å²) in [6.07, 6.45) is 6.63. The first kappa shape index (κ1) is 24.0. The molecule has 2 atom stereocenters. The zero-order valence-electron chi connectivity index (χ0n) is 15.1. The molecule has 1 aromatic heterocycles. The molecule has 0 aromatic carbocycles. The van der Waals surface area contributed by atoms with Crippen molar-refractivity contribution in [3.8, 4) is 0 Å². The first-order chi connectivity index (χ1) is 12.0. The number of likely N-dealkylation sites (tertiary alicyclic amines) is 1. The zero-order valence-corrected chi connectivity index (χ0v) is 17.5. The zero-order chi connectivity index (χ0) is 17.8. The Balaban J connectivity index is 0.00000182. The molecule has 3 rings (SSSR count). The maximum Gasteiger partial charge on any atom is 0.228 e. The van der Waals surface area contributed by atoms with Gasteiger partial charge in [0.2, 0.25) is 11.8 Å². The molecule has 0 bridgehead atoms. The van der Waals surface area contributed by atoms with E-state index in [1.54, 1.807) is 12.1 Å². The number of halogens is 3. The van der Waals surface area contributed by atoms with Gasteiger partial charge in [-0.2, -0.15) is 0 Å². The number of carbonyl (C=O) groups is 2. The van der Waals surface area contributed by atoms with E-state index in [9.17, 15) is 9.59 Å². The number of pyridine rings is 1. The summed E-state index contributed by atoms with van der Waals surface area (Å²) >= 11 is 5.79. The van der Waals surface area contributed by atoms with Crippen molar-refractivity contribution in [2.45, 2.75) is 44.6 Å². The minimum atomic E-state index is -0.0877. The third kappa shape index (κ3) is 6.49. The van der Waals surface area contributed by atoms with Gasteiger partial charge in [0.1, 0.15) is 5.82 Å². The Bertz CT molecular complexity index is 622. The number of hydrogen-bond donors (Lipinski definition) is 2. The molecule has 0 unspecified atom stereocenters. The van der Waals surface area contributed by atoms with E-state index in [1.165, 1.54) is 6.20 Å². The lowest BCUT2D eigenvalue weighted by Gasteiger charge is -2.32. The van der Waals surface area contributed by atoms with Crippen LogP contribution >= 0.6 is 36.4 Å². The Hall–Kier alpha value is -1.08. The molecule has 1 aromatic rings. The SMILES string of the molecule is Cl.Cl.N[C@@H]1CCC[C@H]1CC(=O)N1CCC(C(=O)Nc2ccc(Cl)cn2)CC1. The highest BCUT2D eigenvalue weighted by molar-refractivity contribution is 6.30. The summed E-state index contributed by atoms with van der Waals surface area (Å²) in [4.78, 5) is 30.8. The van der Waals surface area contributed by atoms with E-state index in [0.717, 1.165) is 19.3 Å². The summed E-state index contributed by atoms with van der Waals surface area (Å²) in [7, 11) is 0. The van der Waals surface area contributed by atoms with Crippen LogP contribution in [0, 0.1) is 11.8 Å². The van der Waals surface area contributed by atoms with Gasteiger partial charge in [-0.05, 0) is 43.7 Å². The molecule has 1 aliphatic heterocycles. The smallest absolute Gasteiger partial charge is 0.228 e. The van der Waals surface area contributed by atoms with Crippen LogP contribution in [0.25, 0.3) is 0 Å². The summed E-state index contributed by atoms with van der Waals surface area (Å²) < 4.78 is 0. The first-order valence-corrected chi connectivity index (χ1v) is 9.36. The second-order valence-electron chi connectivity index (χ2n) is 7.06. The minimum Gasteiger partial charge on any atom is -0.343 e. The van der Waals surface area contributed by atoms with Crippen molar-refractivity contribution in [3.63, 3.8) is 0 Å². The fraction of sp³-hybridized carbons (Fsp3) is 0.611. The van der Waals surface area contributed by atoms with Crippen LogP contribution in [-0.2, 0) is 9.59 Å². The summed E-state index contributed by atoms with van der Waals surface area (Å²) in [5.74, 6) is 0.878. The first-order valence-electron chi connectivity index (χ1n) is 8.98. The number of nitrogens with one attached hydrogen (secondary N) is 1. The Kier molecular flexibility index (Phi) is 9.81. The van der Waals surface area contributed by atoms with Crippen molar-refractivity contribution in [3.05, 3.63) is 23.4 Å². The quantitative estimate of drug-likeness (QED) is 0.756. The Morgan fingerprint density at radius 1 is 1.19 bits per heavy atom. The number of hydrogen-bond acceptors (Lipinski definition) is 4. The Labute approximate surface area is 177 Å². The normalized spacial score (nSPS) is 22.5. The number of carbonyl (C=O) groups excluding carboxylic acids is 2. The molecule has 1 aliphatic carbocycles. The summed E-state index contributed by atoms with van der Waals surface area (Å²) in [6.45, 7) is 1.26. The lowest BCUT2D eigenvalue weighted by atomic mass is 9.94. The third-order valence-corrected chi connectivity index (χ3v) is 5.58. The monoisotopic (exact) mass is 436 g/mol. The van der Waals surface area contributed by atoms with E-state index in [2.05, 4.69) is 10.3 Å². The number of piperidine rings is 1. The average Bonchev–Trinajstić information content (AvgIpc) is 3.02. The standard InChI is InChI=1S/C18H25ClN4O2.2ClH/c19-14-4-5-16(21-11-14)22-18(25)12-6-8-23(9-7-12)17(24)10-13-2-1-3-15(13)20;;/h4-5,11-13,15H,1-3,6-10,20H2,(H,21,22,25);2*1H/t13-,15+;;/m0../s1. The fourth-order valence-electron chi connectivity index (χ4n) is 3.74. The van der Waals surface area contributed by atoms with Crippen LogP contribution in [0.2, 0.25) is 5.02 Å². The van der Waals surface area contributed by atoms with Gasteiger partial charge in [0.15, 0.2) is 0 Å². The van der Waals surface area contributed by atoms with Crippen molar-refractivity contribution >= 4 is 54.0 Å². The molecular weight excluding hydrogens is 411 g/mol. The van der Waals surface area contributed by atoms with Crippen LogP contribution in [0.4, 0.5) is 5.82 Å². The number of anilines is 1. The van der Waals surface area contributed by atoms with Gasteiger partial charge in [0.25, 0.3) is 0 Å². The van der Waals surface area contributed by atoms with E-state index in [-0.39, 0.29) is 48.6 Å². The molecular formula is C18H27Cl3N4O2. The third-order valence-electron chi connectivity index (χ3n) is 5.35. The highest BCUT2D eigenvalue weighted by Crippen LogP contribution is 2.28. The van der Waals surface area contributed by atoms with Gasteiger partial charge in [0.05, 0.1) is 5.02 Å². The lowest BCUT2D eigenvalue weighted by molar-refractivity contribution is -0.135. The van der Waals surface area contributed by atoms with E-state index in [0.29, 0.717) is 49.1 Å². The van der Waals surface area contributed by atoms with Crippen LogP contribution in [0.15, 0.2) is 18.3 Å². The van der Waals surface area contributed by atoms with Crippen LogP contribution in [0.5, 0.6) is 0 Å². The van der Waals surface area contributed by atoms with E-state index >= 15 is 0 Å². The highest BCUT2D eigenvalue weighted by Gasteiger charge is 2.31. The molecule has 1 saturated heterocycles. The number of nitrogens with two attached hydrogens (primary N) is 1. The van der Waals surface area contributed by atoms with Gasteiger partial charge in [0, 0.05) is 37.7 Å². The van der Waals surface area contributed by atoms with Crippen LogP contribution in [-0.4, -0.2) is 40.8 Å². The molecule has 0 spiro atoms. The maximum absolute atomic E-state index is 12.4. The van der Waals surface area contributed by atoms with E-state index in [4.69, 9.17) is 17.3 Å². The lowest BCUT2D eigenvalue weighted by Crippen LogP contribution is -2.42. The van der Waals surface area contributed by atoms with Crippen molar-refractivity contribution in [1.29, 1.82) is 0 Å². The van der Waals surface area contributed by atoms with Crippen molar-refractivity contribution in [2.75, 3.05) is 18.4 Å². The van der Waals surface area contributed by atoms with Crippen molar-refractivity contribution < 1.29 is 9.59 Å². The van der Waals surface area contributed by atoms with Crippen LogP contribution in [0.3, 0.4) is 0 Å². The van der Waals surface area contributed by atoms with Crippen molar-refractivity contribution in [1.82, 2.24) is 9.88 Å². The number of rotatable bonds is 4. The highest BCUT2D eigenvalue weighted by atomic mass is 35.5. The second kappa shape index (κ2) is 11.1.